The lowest BCUT2D eigenvalue weighted by molar-refractivity contribution is 0.0503. The van der Waals surface area contributed by atoms with Crippen molar-refractivity contribution < 1.29 is 31.7 Å². The van der Waals surface area contributed by atoms with Gasteiger partial charge in [0.1, 0.15) is 10.2 Å². The van der Waals surface area contributed by atoms with Gasteiger partial charge in [0.05, 0.1) is 13.7 Å². The van der Waals surface area contributed by atoms with Gasteiger partial charge in [0.25, 0.3) is 0 Å². The minimum absolute atomic E-state index is 0.105. The zero-order chi connectivity index (χ0) is 21.4. The third kappa shape index (κ3) is 6.87. The van der Waals surface area contributed by atoms with E-state index in [1.807, 2.05) is 6.92 Å². The van der Waals surface area contributed by atoms with E-state index in [9.17, 15) is 18.0 Å². The second-order valence-corrected chi connectivity index (χ2v) is 7.37. The molecule has 0 aliphatic carbocycles. The summed E-state index contributed by atoms with van der Waals surface area (Å²) in [7, 11) is -3.26. The van der Waals surface area contributed by atoms with Gasteiger partial charge in [-0.05, 0) is 34.5 Å². The first kappa shape index (κ1) is 22.4. The van der Waals surface area contributed by atoms with E-state index in [0.717, 1.165) is 0 Å². The summed E-state index contributed by atoms with van der Waals surface area (Å²) in [5.74, 6) is -1.13. The Kier molecular flexibility index (Phi) is 7.73. The first-order chi connectivity index (χ1) is 13.7. The molecule has 0 radical (unpaired) electrons. The zero-order valence-corrected chi connectivity index (χ0v) is 17.7. The quantitative estimate of drug-likeness (QED) is 0.421. The van der Waals surface area contributed by atoms with Gasteiger partial charge in [0, 0.05) is 6.07 Å². The molecule has 2 aromatic rings. The maximum absolute atomic E-state index is 12.2. The van der Waals surface area contributed by atoms with E-state index >= 15 is 0 Å². The highest BCUT2D eigenvalue weighted by Crippen LogP contribution is 2.21. The molecular formula is C16H17BrN4O7S. The fourth-order valence-corrected chi connectivity index (χ4v) is 2.98. The molecule has 0 spiro atoms. The highest BCUT2D eigenvalue weighted by molar-refractivity contribution is 9.10. The predicted molar refractivity (Wildman–Crippen MR) is 105 cm³/mol. The van der Waals surface area contributed by atoms with Gasteiger partial charge in [0.2, 0.25) is 11.8 Å². The molecule has 0 bridgehead atoms. The number of rotatable bonds is 8. The van der Waals surface area contributed by atoms with E-state index in [0.29, 0.717) is 11.0 Å². The molecular weight excluding hydrogens is 472 g/mol. The Hall–Kier alpha value is -2.93. The Morgan fingerprint density at radius 1 is 1.21 bits per heavy atom. The first-order valence-corrected chi connectivity index (χ1v) is 10.3. The Morgan fingerprint density at radius 2 is 1.93 bits per heavy atom. The van der Waals surface area contributed by atoms with Gasteiger partial charge in [-0.15, -0.1) is 0 Å². The number of methoxy groups -OCH3 is 1. The number of nitrogens with zero attached hydrogens (tertiary/aromatic N) is 2. The van der Waals surface area contributed by atoms with Crippen LogP contribution in [0.15, 0.2) is 34.9 Å². The smallest absolute Gasteiger partial charge is 0.411 e. The van der Waals surface area contributed by atoms with Crippen molar-refractivity contribution in [1.82, 2.24) is 14.7 Å². The fourth-order valence-electron chi connectivity index (χ4n) is 1.92. The number of hydrogen-bond acceptors (Lipinski definition) is 9. The van der Waals surface area contributed by atoms with E-state index in [-0.39, 0.29) is 29.7 Å². The maximum atomic E-state index is 12.2. The van der Waals surface area contributed by atoms with E-state index in [1.165, 1.54) is 37.4 Å². The monoisotopic (exact) mass is 488 g/mol. The molecule has 1 aromatic heterocycles. The average Bonchev–Trinajstić information content (AvgIpc) is 2.65. The predicted octanol–water partition coefficient (Wildman–Crippen LogP) is 2.26. The van der Waals surface area contributed by atoms with Crippen LogP contribution in [-0.4, -0.2) is 44.1 Å². The first-order valence-electron chi connectivity index (χ1n) is 8.12. The highest BCUT2D eigenvalue weighted by atomic mass is 79.9. The van der Waals surface area contributed by atoms with Crippen LogP contribution in [0.1, 0.15) is 23.7 Å². The Morgan fingerprint density at radius 3 is 2.62 bits per heavy atom. The lowest BCUT2D eigenvalue weighted by Crippen LogP contribution is -2.37. The van der Waals surface area contributed by atoms with Gasteiger partial charge >= 0.3 is 22.3 Å². The summed E-state index contributed by atoms with van der Waals surface area (Å²) in [5, 5.41) is 2.13. The van der Waals surface area contributed by atoms with Crippen LogP contribution in [0.25, 0.3) is 0 Å². The molecule has 1 aromatic carbocycles. The van der Waals surface area contributed by atoms with E-state index < -0.39 is 22.3 Å². The lowest BCUT2D eigenvalue weighted by atomic mass is 10.2. The Bertz CT molecular complexity index is 1000. The minimum atomic E-state index is -4.62. The van der Waals surface area contributed by atoms with Gasteiger partial charge < -0.3 is 13.7 Å². The summed E-state index contributed by atoms with van der Waals surface area (Å²) in [5.41, 5.74) is -0.105. The summed E-state index contributed by atoms with van der Waals surface area (Å²) in [6.07, 6.45) is 0.594. The summed E-state index contributed by atoms with van der Waals surface area (Å²) >= 11 is 3.10. The van der Waals surface area contributed by atoms with Crippen LogP contribution in [-0.2, 0) is 15.0 Å². The molecule has 0 saturated heterocycles. The molecule has 0 aliphatic heterocycles. The van der Waals surface area contributed by atoms with Gasteiger partial charge in [-0.3, -0.25) is 5.32 Å². The largest absolute Gasteiger partial charge is 0.481 e. The summed E-state index contributed by atoms with van der Waals surface area (Å²) < 4.78 is 41.0. The van der Waals surface area contributed by atoms with Crippen molar-refractivity contribution in [2.45, 2.75) is 13.3 Å². The fraction of sp³-hybridized carbons (Fsp3) is 0.250. The molecule has 29 heavy (non-hydrogen) atoms. The molecule has 156 valence electrons. The number of urea groups is 1. The van der Waals surface area contributed by atoms with Crippen molar-refractivity contribution in [3.63, 3.8) is 0 Å². The number of amides is 2. The normalized spacial score (nSPS) is 10.7. The second-order valence-electron chi connectivity index (χ2n) is 5.28. The van der Waals surface area contributed by atoms with Crippen molar-refractivity contribution >= 4 is 44.2 Å². The molecule has 1 heterocycles. The minimum Gasteiger partial charge on any atom is -0.481 e. The third-order valence-corrected chi connectivity index (χ3v) is 4.31. The summed E-state index contributed by atoms with van der Waals surface area (Å²) in [4.78, 5) is 31.7. The molecule has 0 unspecified atom stereocenters. The van der Waals surface area contributed by atoms with E-state index in [1.54, 1.807) is 4.72 Å². The number of carbonyl (C=O) groups excluding carboxylic acids is 2. The van der Waals surface area contributed by atoms with Gasteiger partial charge in [0.15, 0.2) is 5.75 Å². The topological polar surface area (TPSA) is 146 Å². The molecule has 0 atom stereocenters. The van der Waals surface area contributed by atoms with Crippen molar-refractivity contribution in [2.24, 2.45) is 0 Å². The average molecular weight is 489 g/mol. The van der Waals surface area contributed by atoms with Crippen LogP contribution in [0.2, 0.25) is 0 Å². The molecule has 11 nitrogen and oxygen atoms in total. The number of anilines is 1. The van der Waals surface area contributed by atoms with Crippen LogP contribution in [0.3, 0.4) is 0 Å². The Balaban J connectivity index is 2.10. The number of carbonyl (C=O) groups is 2. The van der Waals surface area contributed by atoms with Crippen molar-refractivity contribution in [1.29, 1.82) is 0 Å². The number of ether oxygens (including phenoxy) is 2. The molecule has 0 saturated carbocycles. The molecule has 0 aliphatic rings. The molecule has 0 fully saturated rings. The van der Waals surface area contributed by atoms with Crippen LogP contribution < -0.4 is 19.0 Å². The van der Waals surface area contributed by atoms with Crippen LogP contribution in [0, 0.1) is 0 Å². The van der Waals surface area contributed by atoms with E-state index in [2.05, 4.69) is 31.2 Å². The van der Waals surface area contributed by atoms with Crippen molar-refractivity contribution in [3.05, 3.63) is 40.5 Å². The number of halogens is 1. The molecule has 13 heteroatoms. The third-order valence-electron chi connectivity index (χ3n) is 3.07. The molecule has 2 rings (SSSR count). The summed E-state index contributed by atoms with van der Waals surface area (Å²) in [6, 6.07) is 5.82. The Labute approximate surface area is 175 Å². The number of esters is 1. The lowest BCUT2D eigenvalue weighted by Gasteiger charge is -2.12. The van der Waals surface area contributed by atoms with Gasteiger partial charge in [-0.25, -0.2) is 19.3 Å². The standard InChI is InChI=1S/C16H17BrN4O7S/c1-3-8-27-14(22)10-6-4-5-7-11(10)28-29(24,25)21-16(23)20-15-18-12(17)9-13(19-15)26-2/h4-7,9H,3,8H2,1-2H3,(H2,18,19,20,21,23). The highest BCUT2D eigenvalue weighted by Gasteiger charge is 2.22. The number of aromatic nitrogens is 2. The number of para-hydroxylation sites is 1. The number of benzene rings is 1. The molecule has 2 amide bonds. The summed E-state index contributed by atoms with van der Waals surface area (Å²) in [6.45, 7) is 1.98. The van der Waals surface area contributed by atoms with Gasteiger partial charge in [-0.1, -0.05) is 19.1 Å². The van der Waals surface area contributed by atoms with Crippen LogP contribution in [0.5, 0.6) is 11.6 Å². The molecule has 2 N–H and O–H groups in total. The number of hydrogen-bond donors (Lipinski definition) is 2. The van der Waals surface area contributed by atoms with Crippen LogP contribution in [0.4, 0.5) is 10.7 Å². The number of nitrogens with one attached hydrogen (secondary N) is 2. The SMILES string of the molecule is CCCOC(=O)c1ccccc1OS(=O)(=O)NC(=O)Nc1nc(Br)cc(OC)n1. The zero-order valence-electron chi connectivity index (χ0n) is 15.3. The van der Waals surface area contributed by atoms with Gasteiger partial charge in [-0.2, -0.15) is 13.4 Å². The second kappa shape index (κ2) is 10.0. The maximum Gasteiger partial charge on any atom is 0.411 e. The van der Waals surface area contributed by atoms with E-state index in [4.69, 9.17) is 13.7 Å². The van der Waals surface area contributed by atoms with Crippen LogP contribution >= 0.6 is 15.9 Å². The van der Waals surface area contributed by atoms with Crippen molar-refractivity contribution in [2.75, 3.05) is 19.0 Å². The van der Waals surface area contributed by atoms with Crippen molar-refractivity contribution in [3.8, 4) is 11.6 Å².